The Labute approximate surface area is 67.1 Å². The lowest BCUT2D eigenvalue weighted by Gasteiger charge is -2.09. The normalized spacial score (nSPS) is 23.5. The number of hydrogen-bond acceptors (Lipinski definition) is 2. The summed E-state index contributed by atoms with van der Waals surface area (Å²) in [6.45, 7) is 2.82. The van der Waals surface area contributed by atoms with Gasteiger partial charge in [-0.3, -0.25) is 4.79 Å². The van der Waals surface area contributed by atoms with E-state index < -0.39 is 0 Å². The first kappa shape index (κ1) is 8.53. The van der Waals surface area contributed by atoms with Crippen LogP contribution in [0.25, 0.3) is 0 Å². The van der Waals surface area contributed by atoms with Gasteiger partial charge in [-0.25, -0.2) is 5.32 Å². The van der Waals surface area contributed by atoms with Crippen LogP contribution >= 0.6 is 0 Å². The van der Waals surface area contributed by atoms with Crippen LogP contribution in [0.2, 0.25) is 0 Å². The summed E-state index contributed by atoms with van der Waals surface area (Å²) in [5.74, 6) is -0.108. The molecule has 3 heteroatoms. The first-order valence-electron chi connectivity index (χ1n) is 4.19. The van der Waals surface area contributed by atoms with Crippen molar-refractivity contribution in [2.45, 2.75) is 38.8 Å². The molecule has 1 heterocycles. The zero-order valence-corrected chi connectivity index (χ0v) is 6.88. The highest BCUT2D eigenvalue weighted by molar-refractivity contribution is 5.69. The van der Waals surface area contributed by atoms with Crippen LogP contribution in [0.1, 0.15) is 32.6 Å². The molecule has 0 aliphatic carbocycles. The molecule has 0 N–H and O–H groups in total. The van der Waals surface area contributed by atoms with Gasteiger partial charge in [0.25, 0.3) is 0 Å². The van der Waals surface area contributed by atoms with E-state index in [1.807, 2.05) is 6.92 Å². The van der Waals surface area contributed by atoms with E-state index in [1.54, 1.807) is 0 Å². The number of carbonyl (C=O) groups excluding carboxylic acids is 1. The van der Waals surface area contributed by atoms with Crippen molar-refractivity contribution in [2.24, 2.45) is 0 Å². The highest BCUT2D eigenvalue weighted by Gasteiger charge is 2.18. The molecule has 0 aromatic heterocycles. The lowest BCUT2D eigenvalue weighted by molar-refractivity contribution is -0.150. The molecule has 0 amide bonds. The molecule has 0 saturated carbocycles. The molecular formula is C8H14NO2. The Morgan fingerprint density at radius 2 is 2.55 bits per heavy atom. The van der Waals surface area contributed by atoms with Gasteiger partial charge in [-0.1, -0.05) is 6.92 Å². The van der Waals surface area contributed by atoms with Crippen LogP contribution in [0.3, 0.4) is 0 Å². The smallest absolute Gasteiger partial charge is 0.307 e. The zero-order chi connectivity index (χ0) is 8.10. The second-order valence-electron chi connectivity index (χ2n) is 2.74. The molecule has 3 nitrogen and oxygen atoms in total. The fraction of sp³-hybridized carbons (Fsp3) is 0.875. The van der Waals surface area contributed by atoms with E-state index in [4.69, 9.17) is 4.74 Å². The van der Waals surface area contributed by atoms with Gasteiger partial charge in [0.1, 0.15) is 0 Å². The minimum absolute atomic E-state index is 0.108. The van der Waals surface area contributed by atoms with Crippen LogP contribution in [0.15, 0.2) is 0 Å². The lowest BCUT2D eigenvalue weighted by atomic mass is 10.3. The maximum absolute atomic E-state index is 10.9. The van der Waals surface area contributed by atoms with E-state index in [-0.39, 0.29) is 12.2 Å². The van der Waals surface area contributed by atoms with Gasteiger partial charge in [-0.15, -0.1) is 0 Å². The molecule has 1 atom stereocenters. The second kappa shape index (κ2) is 4.34. The predicted octanol–water partition coefficient (Wildman–Crippen LogP) is 1.05. The van der Waals surface area contributed by atoms with E-state index in [9.17, 15) is 4.79 Å². The third-order valence-electron chi connectivity index (χ3n) is 1.66. The first-order chi connectivity index (χ1) is 5.33. The number of nitrogens with zero attached hydrogens (tertiary/aromatic N) is 1. The number of ether oxygens (including phenoxy) is 1. The molecule has 0 bridgehead atoms. The van der Waals surface area contributed by atoms with Crippen LogP contribution < -0.4 is 5.32 Å². The van der Waals surface area contributed by atoms with Crippen LogP contribution in [0.5, 0.6) is 0 Å². The average Bonchev–Trinajstić information content (AvgIpc) is 2.40. The SMILES string of the molecule is CCCC(=O)OC1CCC[N]1. The topological polar surface area (TPSA) is 40.4 Å². The molecule has 0 spiro atoms. The molecule has 63 valence electrons. The molecule has 1 unspecified atom stereocenters. The first-order valence-corrected chi connectivity index (χ1v) is 4.19. The molecule has 0 aromatic carbocycles. The molecule has 1 aliphatic rings. The Balaban J connectivity index is 2.13. The summed E-state index contributed by atoms with van der Waals surface area (Å²) < 4.78 is 5.05. The lowest BCUT2D eigenvalue weighted by Crippen LogP contribution is -2.22. The summed E-state index contributed by atoms with van der Waals surface area (Å²) in [6.07, 6.45) is 3.21. The van der Waals surface area contributed by atoms with Gasteiger partial charge in [-0.2, -0.15) is 0 Å². The standard InChI is InChI=1S/C8H14NO2/c1-2-4-8(10)11-7-5-3-6-9-7/h7H,2-6H2,1H3. The third kappa shape index (κ3) is 2.89. The van der Waals surface area contributed by atoms with E-state index >= 15 is 0 Å². The summed E-state index contributed by atoms with van der Waals surface area (Å²) in [6, 6.07) is 0. The van der Waals surface area contributed by atoms with Crippen molar-refractivity contribution >= 4 is 5.97 Å². The number of rotatable bonds is 3. The molecule has 1 saturated heterocycles. The third-order valence-corrected chi connectivity index (χ3v) is 1.66. The van der Waals surface area contributed by atoms with E-state index in [0.29, 0.717) is 6.42 Å². The number of hydrogen-bond donors (Lipinski definition) is 0. The van der Waals surface area contributed by atoms with Gasteiger partial charge < -0.3 is 4.74 Å². The maximum atomic E-state index is 10.9. The molecule has 1 rings (SSSR count). The largest absolute Gasteiger partial charge is 0.445 e. The summed E-state index contributed by atoms with van der Waals surface area (Å²) in [5, 5.41) is 4.11. The summed E-state index contributed by atoms with van der Waals surface area (Å²) >= 11 is 0. The molecule has 0 aromatic rings. The number of carbonyl (C=O) groups is 1. The second-order valence-corrected chi connectivity index (χ2v) is 2.74. The van der Waals surface area contributed by atoms with Crippen LogP contribution in [0.4, 0.5) is 0 Å². The van der Waals surface area contributed by atoms with Crippen molar-refractivity contribution < 1.29 is 9.53 Å². The fourth-order valence-electron chi connectivity index (χ4n) is 1.10. The monoisotopic (exact) mass is 156 g/mol. The molecule has 1 fully saturated rings. The summed E-state index contributed by atoms with van der Waals surface area (Å²) in [7, 11) is 0. The van der Waals surface area contributed by atoms with Gasteiger partial charge >= 0.3 is 5.97 Å². The Bertz CT molecular complexity index is 130. The van der Waals surface area contributed by atoms with Gasteiger partial charge in [0.05, 0.1) is 0 Å². The highest BCUT2D eigenvalue weighted by atomic mass is 16.6. The Morgan fingerprint density at radius 3 is 3.09 bits per heavy atom. The van der Waals surface area contributed by atoms with E-state index in [0.717, 1.165) is 25.8 Å². The van der Waals surface area contributed by atoms with Crippen LogP contribution in [-0.2, 0) is 9.53 Å². The van der Waals surface area contributed by atoms with Crippen LogP contribution in [-0.4, -0.2) is 18.7 Å². The zero-order valence-electron chi connectivity index (χ0n) is 6.88. The average molecular weight is 156 g/mol. The molecule has 1 aliphatic heterocycles. The van der Waals surface area contributed by atoms with Crippen molar-refractivity contribution in [3.63, 3.8) is 0 Å². The van der Waals surface area contributed by atoms with Gasteiger partial charge in [-0.05, 0) is 12.8 Å². The van der Waals surface area contributed by atoms with Crippen molar-refractivity contribution in [2.75, 3.05) is 6.54 Å². The molecular weight excluding hydrogens is 142 g/mol. The number of esters is 1. The molecule has 11 heavy (non-hydrogen) atoms. The van der Waals surface area contributed by atoms with Crippen molar-refractivity contribution in [3.8, 4) is 0 Å². The maximum Gasteiger partial charge on any atom is 0.307 e. The summed E-state index contributed by atoms with van der Waals surface area (Å²) in [4.78, 5) is 10.9. The summed E-state index contributed by atoms with van der Waals surface area (Å²) in [5.41, 5.74) is 0. The van der Waals surface area contributed by atoms with Gasteiger partial charge in [0, 0.05) is 19.4 Å². The molecule has 1 radical (unpaired) electrons. The minimum atomic E-state index is -0.131. The Hall–Kier alpha value is -0.570. The fourth-order valence-corrected chi connectivity index (χ4v) is 1.10. The van der Waals surface area contributed by atoms with Crippen molar-refractivity contribution in [1.29, 1.82) is 0 Å². The van der Waals surface area contributed by atoms with E-state index in [1.165, 1.54) is 0 Å². The quantitative estimate of drug-likeness (QED) is 0.573. The van der Waals surface area contributed by atoms with Gasteiger partial charge in [0.2, 0.25) is 0 Å². The van der Waals surface area contributed by atoms with E-state index in [2.05, 4.69) is 5.32 Å². The van der Waals surface area contributed by atoms with Crippen molar-refractivity contribution in [1.82, 2.24) is 5.32 Å². The van der Waals surface area contributed by atoms with Gasteiger partial charge in [0.15, 0.2) is 6.23 Å². The Morgan fingerprint density at radius 1 is 1.73 bits per heavy atom. The van der Waals surface area contributed by atoms with Crippen LogP contribution in [0, 0.1) is 0 Å². The van der Waals surface area contributed by atoms with Crippen molar-refractivity contribution in [3.05, 3.63) is 0 Å². The predicted molar refractivity (Wildman–Crippen MR) is 41.0 cm³/mol. The minimum Gasteiger partial charge on any atom is -0.445 e. The highest BCUT2D eigenvalue weighted by Crippen LogP contribution is 2.09. The Kier molecular flexibility index (Phi) is 3.36.